The van der Waals surface area contributed by atoms with E-state index in [-0.39, 0.29) is 17.9 Å². The van der Waals surface area contributed by atoms with Crippen LogP contribution in [0, 0.1) is 5.41 Å². The first kappa shape index (κ1) is 17.9. The Kier molecular flexibility index (Phi) is 5.21. The largest absolute Gasteiger partial charge is 0.489 e. The van der Waals surface area contributed by atoms with Crippen molar-refractivity contribution in [3.8, 4) is 5.75 Å². The molecule has 0 spiro atoms. The zero-order chi connectivity index (χ0) is 18.6. The number of ether oxygens (including phenoxy) is 1. The van der Waals surface area contributed by atoms with Crippen molar-refractivity contribution in [3.63, 3.8) is 0 Å². The van der Waals surface area contributed by atoms with E-state index in [1.165, 1.54) is 0 Å². The molecule has 1 saturated carbocycles. The number of amides is 2. The highest BCUT2D eigenvalue weighted by Crippen LogP contribution is 2.47. The predicted molar refractivity (Wildman–Crippen MR) is 98.6 cm³/mol. The summed E-state index contributed by atoms with van der Waals surface area (Å²) < 4.78 is 5.72. The van der Waals surface area contributed by atoms with Crippen LogP contribution >= 0.6 is 0 Å². The lowest BCUT2D eigenvalue weighted by Crippen LogP contribution is -2.39. The fourth-order valence-corrected chi connectivity index (χ4v) is 2.70. The number of para-hydroxylation sites is 2. The minimum atomic E-state index is -0.988. The first-order valence-corrected chi connectivity index (χ1v) is 8.75. The highest BCUT2D eigenvalue weighted by atomic mass is 16.5. The van der Waals surface area contributed by atoms with Gasteiger partial charge in [0.1, 0.15) is 11.2 Å². The molecular weight excluding hydrogens is 330 g/mol. The number of hydrogen-bond acceptors (Lipinski definition) is 4. The van der Waals surface area contributed by atoms with Gasteiger partial charge in [-0.2, -0.15) is 0 Å². The second-order valence-corrected chi connectivity index (χ2v) is 6.74. The Balaban J connectivity index is 1.65. The molecule has 0 atom stereocenters. The van der Waals surface area contributed by atoms with E-state index in [4.69, 9.17) is 4.74 Å². The first-order valence-electron chi connectivity index (χ1n) is 8.75. The van der Waals surface area contributed by atoms with Gasteiger partial charge in [0.15, 0.2) is 0 Å². The van der Waals surface area contributed by atoms with Gasteiger partial charge in [-0.3, -0.25) is 14.6 Å². The molecule has 1 aliphatic carbocycles. The van der Waals surface area contributed by atoms with Crippen LogP contribution in [0.15, 0.2) is 48.8 Å². The molecule has 136 valence electrons. The number of nitrogens with zero attached hydrogens (tertiary/aromatic N) is 1. The number of nitrogens with one attached hydrogen (secondary N) is 2. The molecule has 1 heterocycles. The lowest BCUT2D eigenvalue weighted by Gasteiger charge is -2.18. The average molecular weight is 353 g/mol. The summed E-state index contributed by atoms with van der Waals surface area (Å²) in [6.45, 7) is 4.23. The van der Waals surface area contributed by atoms with Crippen molar-refractivity contribution in [1.82, 2.24) is 10.3 Å². The van der Waals surface area contributed by atoms with Gasteiger partial charge in [0.2, 0.25) is 11.8 Å². The lowest BCUT2D eigenvalue weighted by molar-refractivity contribution is -0.134. The van der Waals surface area contributed by atoms with Gasteiger partial charge in [-0.25, -0.2) is 0 Å². The van der Waals surface area contributed by atoms with E-state index in [0.29, 0.717) is 30.8 Å². The van der Waals surface area contributed by atoms with Crippen LogP contribution in [0.5, 0.6) is 5.75 Å². The highest BCUT2D eigenvalue weighted by Gasteiger charge is 2.56. The summed E-state index contributed by atoms with van der Waals surface area (Å²) in [5.74, 6) is 0.0717. The minimum Gasteiger partial charge on any atom is -0.489 e. The van der Waals surface area contributed by atoms with Crippen molar-refractivity contribution in [2.24, 2.45) is 5.41 Å². The number of rotatable bonds is 7. The van der Waals surface area contributed by atoms with Gasteiger partial charge in [-0.1, -0.05) is 12.1 Å². The van der Waals surface area contributed by atoms with Crippen LogP contribution in [-0.4, -0.2) is 22.9 Å². The van der Waals surface area contributed by atoms with Crippen molar-refractivity contribution in [1.29, 1.82) is 0 Å². The molecule has 2 amide bonds. The summed E-state index contributed by atoms with van der Waals surface area (Å²) in [7, 11) is 0. The average Bonchev–Trinajstić information content (AvgIpc) is 3.44. The number of anilines is 1. The monoisotopic (exact) mass is 353 g/mol. The third kappa shape index (κ3) is 4.02. The maximum absolute atomic E-state index is 12.7. The zero-order valence-electron chi connectivity index (χ0n) is 15.0. The Labute approximate surface area is 153 Å². The second-order valence-electron chi connectivity index (χ2n) is 6.74. The Morgan fingerprint density at radius 3 is 2.46 bits per heavy atom. The lowest BCUT2D eigenvalue weighted by atomic mass is 10.0. The third-order valence-corrected chi connectivity index (χ3v) is 4.32. The number of hydrogen-bond donors (Lipinski definition) is 2. The molecule has 6 heteroatoms. The molecule has 0 bridgehead atoms. The smallest absolute Gasteiger partial charge is 0.240 e. The number of carbonyl (C=O) groups excluding carboxylic acids is 2. The molecule has 1 aromatic carbocycles. The van der Waals surface area contributed by atoms with Gasteiger partial charge in [0.25, 0.3) is 0 Å². The van der Waals surface area contributed by atoms with Gasteiger partial charge < -0.3 is 15.4 Å². The van der Waals surface area contributed by atoms with Crippen LogP contribution in [0.25, 0.3) is 0 Å². The van der Waals surface area contributed by atoms with Crippen LogP contribution in [-0.2, 0) is 16.1 Å². The van der Waals surface area contributed by atoms with E-state index in [1.54, 1.807) is 24.5 Å². The van der Waals surface area contributed by atoms with Crippen LogP contribution in [0.3, 0.4) is 0 Å². The predicted octanol–water partition coefficient (Wildman–Crippen LogP) is 2.90. The molecule has 0 aliphatic heterocycles. The molecule has 1 fully saturated rings. The Morgan fingerprint density at radius 2 is 1.81 bits per heavy atom. The summed E-state index contributed by atoms with van der Waals surface area (Å²) in [4.78, 5) is 29.3. The summed E-state index contributed by atoms with van der Waals surface area (Å²) in [6.07, 6.45) is 4.44. The normalized spacial score (nSPS) is 14.6. The molecule has 0 unspecified atom stereocenters. The number of carbonyl (C=O) groups is 2. The van der Waals surface area contributed by atoms with Crippen molar-refractivity contribution >= 4 is 17.5 Å². The van der Waals surface area contributed by atoms with Gasteiger partial charge >= 0.3 is 0 Å². The Bertz CT molecular complexity index is 786. The fraction of sp³-hybridized carbons (Fsp3) is 0.350. The van der Waals surface area contributed by atoms with E-state index < -0.39 is 5.41 Å². The Morgan fingerprint density at radius 1 is 1.12 bits per heavy atom. The number of aromatic nitrogens is 1. The number of benzene rings is 1. The summed E-state index contributed by atoms with van der Waals surface area (Å²) in [5, 5.41) is 5.72. The van der Waals surface area contributed by atoms with Gasteiger partial charge in [-0.05, 0) is 56.5 Å². The zero-order valence-corrected chi connectivity index (χ0v) is 15.0. The summed E-state index contributed by atoms with van der Waals surface area (Å²) >= 11 is 0. The molecule has 1 aliphatic rings. The van der Waals surface area contributed by atoms with Crippen LogP contribution in [0.1, 0.15) is 32.3 Å². The van der Waals surface area contributed by atoms with E-state index in [1.807, 2.05) is 38.1 Å². The molecule has 2 aromatic rings. The quantitative estimate of drug-likeness (QED) is 0.750. The first-order chi connectivity index (χ1) is 12.5. The van der Waals surface area contributed by atoms with Crippen molar-refractivity contribution in [2.45, 2.75) is 39.3 Å². The maximum Gasteiger partial charge on any atom is 0.240 e. The van der Waals surface area contributed by atoms with Crippen molar-refractivity contribution < 1.29 is 14.3 Å². The van der Waals surface area contributed by atoms with Crippen LogP contribution in [0.4, 0.5) is 5.69 Å². The summed E-state index contributed by atoms with van der Waals surface area (Å²) in [6, 6.07) is 10.9. The topological polar surface area (TPSA) is 80.3 Å². The van der Waals surface area contributed by atoms with Crippen molar-refractivity contribution in [2.75, 3.05) is 5.32 Å². The Hall–Kier alpha value is -2.89. The molecule has 26 heavy (non-hydrogen) atoms. The van der Waals surface area contributed by atoms with Gasteiger partial charge in [0, 0.05) is 18.9 Å². The van der Waals surface area contributed by atoms with Crippen molar-refractivity contribution in [3.05, 3.63) is 54.4 Å². The van der Waals surface area contributed by atoms with E-state index >= 15 is 0 Å². The molecule has 3 rings (SSSR count). The van der Waals surface area contributed by atoms with E-state index in [0.717, 1.165) is 5.56 Å². The molecule has 1 aromatic heterocycles. The van der Waals surface area contributed by atoms with Gasteiger partial charge in [0.05, 0.1) is 11.8 Å². The number of pyridine rings is 1. The highest BCUT2D eigenvalue weighted by molar-refractivity contribution is 6.13. The molecular formula is C20H23N3O3. The SMILES string of the molecule is CC(C)Oc1ccccc1NC(=O)C1(C(=O)NCc2ccncc2)CC1. The molecule has 0 saturated heterocycles. The van der Waals surface area contributed by atoms with E-state index in [9.17, 15) is 9.59 Å². The second kappa shape index (κ2) is 7.56. The fourth-order valence-electron chi connectivity index (χ4n) is 2.70. The van der Waals surface area contributed by atoms with Crippen LogP contribution < -0.4 is 15.4 Å². The third-order valence-electron chi connectivity index (χ3n) is 4.32. The van der Waals surface area contributed by atoms with Gasteiger partial charge in [-0.15, -0.1) is 0 Å². The molecule has 0 radical (unpaired) electrons. The molecule has 2 N–H and O–H groups in total. The van der Waals surface area contributed by atoms with E-state index in [2.05, 4.69) is 15.6 Å². The molecule has 6 nitrogen and oxygen atoms in total. The minimum absolute atomic E-state index is 0.00778. The maximum atomic E-state index is 12.7. The standard InChI is InChI=1S/C20H23N3O3/c1-14(2)26-17-6-4-3-5-16(17)23-19(25)20(9-10-20)18(24)22-13-15-7-11-21-12-8-15/h3-8,11-12,14H,9-10,13H2,1-2H3,(H,22,24)(H,23,25). The summed E-state index contributed by atoms with van der Waals surface area (Å²) in [5.41, 5.74) is 0.539. The van der Waals surface area contributed by atoms with Crippen LogP contribution in [0.2, 0.25) is 0 Å².